The Morgan fingerprint density at radius 1 is 0.182 bits per heavy atom. The Hall–Kier alpha value is -0.0400. The highest BCUT2D eigenvalue weighted by atomic mass is 14.5. The average Bonchev–Trinajstić information content (AvgIpc) is 3.04. The first-order valence-electron chi connectivity index (χ1n) is 21.6. The fraction of sp³-hybridized carbons (Fsp3) is 1.00. The van der Waals surface area contributed by atoms with E-state index in [2.05, 4.69) is 6.92 Å². The molecule has 0 fully saturated rings. The van der Waals surface area contributed by atoms with Crippen molar-refractivity contribution in [2.45, 2.75) is 270 Å². The topological polar surface area (TPSA) is 26.0 Å². The maximum atomic E-state index is 5.56. The summed E-state index contributed by atoms with van der Waals surface area (Å²) in [5.74, 6) is 0. The minimum Gasteiger partial charge on any atom is -0.330 e. The molecule has 0 aromatic heterocycles. The summed E-state index contributed by atoms with van der Waals surface area (Å²) >= 11 is 0. The molecule has 0 rings (SSSR count). The average molecular weight is 620 g/mol. The van der Waals surface area contributed by atoms with E-state index in [9.17, 15) is 0 Å². The van der Waals surface area contributed by atoms with E-state index in [-0.39, 0.29) is 0 Å². The van der Waals surface area contributed by atoms with Gasteiger partial charge in [-0.05, 0) is 13.0 Å². The molecule has 0 aliphatic carbocycles. The highest BCUT2D eigenvalue weighted by molar-refractivity contribution is 4.53. The van der Waals surface area contributed by atoms with E-state index in [0.717, 1.165) is 6.54 Å². The first-order chi connectivity index (χ1) is 21.9. The van der Waals surface area contributed by atoms with Crippen LogP contribution in [0.2, 0.25) is 0 Å². The molecular weight excluding hydrogens is 530 g/mol. The zero-order valence-corrected chi connectivity index (χ0v) is 31.3. The van der Waals surface area contributed by atoms with E-state index in [0.29, 0.717) is 0 Å². The third-order valence-corrected chi connectivity index (χ3v) is 10.3. The SMILES string of the molecule is CCCCCCCCCCCCCCCCCCCCCCCCCCCCCCCCCCCCCCCCCCCN. The predicted molar refractivity (Wildman–Crippen MR) is 204 cm³/mol. The summed E-state index contributed by atoms with van der Waals surface area (Å²) < 4.78 is 0. The first kappa shape index (κ1) is 44.0. The number of unbranched alkanes of at least 4 members (excludes halogenated alkanes) is 40. The van der Waals surface area contributed by atoms with Crippen LogP contribution in [-0.2, 0) is 0 Å². The molecule has 0 saturated heterocycles. The fourth-order valence-electron chi connectivity index (χ4n) is 7.11. The van der Waals surface area contributed by atoms with E-state index < -0.39 is 0 Å². The van der Waals surface area contributed by atoms with Gasteiger partial charge < -0.3 is 5.73 Å². The second-order valence-corrected chi connectivity index (χ2v) is 14.9. The molecule has 44 heavy (non-hydrogen) atoms. The molecule has 0 spiro atoms. The summed E-state index contributed by atoms with van der Waals surface area (Å²) in [5.41, 5.74) is 5.56. The van der Waals surface area contributed by atoms with Crippen molar-refractivity contribution in [3.63, 3.8) is 0 Å². The van der Waals surface area contributed by atoms with Gasteiger partial charge in [-0.3, -0.25) is 0 Å². The second-order valence-electron chi connectivity index (χ2n) is 14.9. The highest BCUT2D eigenvalue weighted by Crippen LogP contribution is 2.17. The lowest BCUT2D eigenvalue weighted by atomic mass is 10.0. The van der Waals surface area contributed by atoms with Crippen LogP contribution >= 0.6 is 0 Å². The second kappa shape index (κ2) is 43.0. The third-order valence-electron chi connectivity index (χ3n) is 10.3. The summed E-state index contributed by atoms with van der Waals surface area (Å²) in [7, 11) is 0. The first-order valence-corrected chi connectivity index (χ1v) is 21.6. The Balaban J connectivity index is 3.03. The number of rotatable bonds is 41. The molecule has 1 heteroatoms. The Morgan fingerprint density at radius 2 is 0.295 bits per heavy atom. The lowest BCUT2D eigenvalue weighted by Crippen LogP contribution is -1.97. The Bertz CT molecular complexity index is 418. The summed E-state index contributed by atoms with van der Waals surface area (Å²) in [6.45, 7) is 3.18. The molecule has 0 bridgehead atoms. The normalized spacial score (nSPS) is 11.6. The van der Waals surface area contributed by atoms with Crippen molar-refractivity contribution in [3.05, 3.63) is 0 Å². The lowest BCUT2D eigenvalue weighted by Gasteiger charge is -2.05. The molecule has 0 aromatic rings. The van der Waals surface area contributed by atoms with E-state index in [4.69, 9.17) is 5.73 Å². The Kier molecular flexibility index (Phi) is 42.9. The van der Waals surface area contributed by atoms with Crippen molar-refractivity contribution in [2.24, 2.45) is 5.73 Å². The van der Waals surface area contributed by atoms with Gasteiger partial charge in [-0.1, -0.05) is 264 Å². The molecule has 0 saturated carbocycles. The zero-order chi connectivity index (χ0) is 31.7. The van der Waals surface area contributed by atoms with Crippen molar-refractivity contribution in [1.82, 2.24) is 0 Å². The Morgan fingerprint density at radius 3 is 0.409 bits per heavy atom. The van der Waals surface area contributed by atoms with Gasteiger partial charge in [0.25, 0.3) is 0 Å². The highest BCUT2D eigenvalue weighted by Gasteiger charge is 1.98. The minimum atomic E-state index is 0.875. The van der Waals surface area contributed by atoms with Gasteiger partial charge in [-0.25, -0.2) is 0 Å². The molecular formula is C43H89N. The number of nitrogens with two attached hydrogens (primary N) is 1. The largest absolute Gasteiger partial charge is 0.330 e. The van der Waals surface area contributed by atoms with Crippen LogP contribution in [0, 0.1) is 0 Å². The van der Waals surface area contributed by atoms with Gasteiger partial charge >= 0.3 is 0 Å². The third kappa shape index (κ3) is 42.0. The Labute approximate surface area is 281 Å². The van der Waals surface area contributed by atoms with Crippen molar-refractivity contribution in [3.8, 4) is 0 Å². The molecule has 0 atom stereocenters. The van der Waals surface area contributed by atoms with Crippen molar-refractivity contribution >= 4 is 0 Å². The zero-order valence-electron chi connectivity index (χ0n) is 31.3. The molecule has 266 valence electrons. The van der Waals surface area contributed by atoms with Crippen molar-refractivity contribution in [1.29, 1.82) is 0 Å². The number of hydrogen-bond acceptors (Lipinski definition) is 1. The van der Waals surface area contributed by atoms with Gasteiger partial charge in [0.15, 0.2) is 0 Å². The monoisotopic (exact) mass is 620 g/mol. The smallest absolute Gasteiger partial charge is 0.00773 e. The van der Waals surface area contributed by atoms with Crippen LogP contribution in [0.4, 0.5) is 0 Å². The summed E-state index contributed by atoms with van der Waals surface area (Å²) in [6, 6.07) is 0. The number of hydrogen-bond donors (Lipinski definition) is 1. The van der Waals surface area contributed by atoms with Crippen LogP contribution in [0.5, 0.6) is 0 Å². The van der Waals surface area contributed by atoms with Crippen LogP contribution in [0.1, 0.15) is 270 Å². The predicted octanol–water partition coefficient (Wildman–Crippen LogP) is 16.0. The standard InChI is InChI=1S/C43H89N/c1-2-3-4-5-6-7-8-9-10-11-12-13-14-15-16-17-18-19-20-21-22-23-24-25-26-27-28-29-30-31-32-33-34-35-36-37-38-39-40-41-42-43-44/h2-44H2,1H3. The quantitative estimate of drug-likeness (QED) is 0.0677. The van der Waals surface area contributed by atoms with Crippen LogP contribution in [0.25, 0.3) is 0 Å². The molecule has 0 aromatic carbocycles. The van der Waals surface area contributed by atoms with Gasteiger partial charge in [0.1, 0.15) is 0 Å². The summed E-state index contributed by atoms with van der Waals surface area (Å²) in [4.78, 5) is 0. The summed E-state index contributed by atoms with van der Waals surface area (Å²) in [6.07, 6.45) is 60.3. The van der Waals surface area contributed by atoms with E-state index in [1.165, 1.54) is 263 Å². The summed E-state index contributed by atoms with van der Waals surface area (Å²) in [5, 5.41) is 0. The van der Waals surface area contributed by atoms with Gasteiger partial charge in [0.2, 0.25) is 0 Å². The molecule has 0 unspecified atom stereocenters. The molecule has 2 N–H and O–H groups in total. The molecule has 1 nitrogen and oxygen atoms in total. The lowest BCUT2D eigenvalue weighted by molar-refractivity contribution is 0.509. The van der Waals surface area contributed by atoms with Gasteiger partial charge in [-0.15, -0.1) is 0 Å². The van der Waals surface area contributed by atoms with Gasteiger partial charge in [-0.2, -0.15) is 0 Å². The fourth-order valence-corrected chi connectivity index (χ4v) is 7.11. The maximum Gasteiger partial charge on any atom is -0.00773 e. The van der Waals surface area contributed by atoms with E-state index in [1.54, 1.807) is 0 Å². The van der Waals surface area contributed by atoms with Gasteiger partial charge in [0, 0.05) is 0 Å². The van der Waals surface area contributed by atoms with Crippen LogP contribution in [-0.4, -0.2) is 6.54 Å². The minimum absolute atomic E-state index is 0.875. The van der Waals surface area contributed by atoms with Crippen LogP contribution in [0.15, 0.2) is 0 Å². The molecule has 0 radical (unpaired) electrons. The van der Waals surface area contributed by atoms with Crippen molar-refractivity contribution < 1.29 is 0 Å². The maximum absolute atomic E-state index is 5.56. The molecule has 0 amide bonds. The van der Waals surface area contributed by atoms with E-state index >= 15 is 0 Å². The van der Waals surface area contributed by atoms with Crippen LogP contribution in [0.3, 0.4) is 0 Å². The van der Waals surface area contributed by atoms with Crippen LogP contribution < -0.4 is 5.73 Å². The molecule has 0 aliphatic rings. The molecule has 0 heterocycles. The van der Waals surface area contributed by atoms with E-state index in [1.807, 2.05) is 0 Å². The molecule has 0 aliphatic heterocycles. The van der Waals surface area contributed by atoms with Crippen molar-refractivity contribution in [2.75, 3.05) is 6.54 Å². The van der Waals surface area contributed by atoms with Gasteiger partial charge in [0.05, 0.1) is 0 Å².